The molecule has 0 aromatic heterocycles. The fraction of sp³-hybridized carbons (Fsp3) is 0.417. The van der Waals surface area contributed by atoms with E-state index in [2.05, 4.69) is 10.6 Å². The Hall–Kier alpha value is -1.42. The van der Waals surface area contributed by atoms with E-state index in [9.17, 15) is 9.18 Å². The topological polar surface area (TPSA) is 41.1 Å². The van der Waals surface area contributed by atoms with Crippen molar-refractivity contribution in [1.29, 1.82) is 0 Å². The van der Waals surface area contributed by atoms with Crippen LogP contribution in [-0.2, 0) is 11.3 Å². The van der Waals surface area contributed by atoms with E-state index < -0.39 is 0 Å². The van der Waals surface area contributed by atoms with E-state index >= 15 is 0 Å². The minimum atomic E-state index is -0.210. The van der Waals surface area contributed by atoms with E-state index in [0.29, 0.717) is 12.1 Å². The number of hydrogen-bond donors (Lipinski definition) is 2. The second kappa shape index (κ2) is 4.61. The molecule has 3 nitrogen and oxygen atoms in total. The van der Waals surface area contributed by atoms with Crippen molar-refractivity contribution in [2.24, 2.45) is 5.92 Å². The molecule has 86 valence electrons. The lowest BCUT2D eigenvalue weighted by Crippen LogP contribution is -2.50. The summed E-state index contributed by atoms with van der Waals surface area (Å²) in [5.74, 6) is -0.0412. The molecule has 1 aromatic carbocycles. The molecule has 0 bridgehead atoms. The lowest BCUT2D eigenvalue weighted by atomic mass is 10.0. The number of rotatable bonds is 3. The van der Waals surface area contributed by atoms with Crippen LogP contribution < -0.4 is 10.6 Å². The van der Waals surface area contributed by atoms with Crippen LogP contribution in [0.5, 0.6) is 0 Å². The maximum absolute atomic E-state index is 13.0. The standard InChI is InChI=1S/C12H15FN2O/c1-8-4-9(2-3-11(8)13)5-15-12(16)10-6-14-7-10/h2-4,10,14H,5-7H2,1H3,(H,15,16). The van der Waals surface area contributed by atoms with E-state index in [1.807, 2.05) is 0 Å². The van der Waals surface area contributed by atoms with Crippen LogP contribution in [0.1, 0.15) is 11.1 Å². The highest BCUT2D eigenvalue weighted by molar-refractivity contribution is 5.79. The SMILES string of the molecule is Cc1cc(CNC(=O)C2CNC2)ccc1F. The number of benzene rings is 1. The first-order valence-corrected chi connectivity index (χ1v) is 5.40. The summed E-state index contributed by atoms with van der Waals surface area (Å²) >= 11 is 0. The van der Waals surface area contributed by atoms with E-state index in [-0.39, 0.29) is 17.6 Å². The summed E-state index contributed by atoms with van der Waals surface area (Å²) in [5.41, 5.74) is 1.54. The Morgan fingerprint density at radius 2 is 2.31 bits per heavy atom. The number of carbonyl (C=O) groups is 1. The zero-order valence-electron chi connectivity index (χ0n) is 9.22. The molecule has 1 aliphatic heterocycles. The summed E-state index contributed by atoms with van der Waals surface area (Å²) in [5, 5.41) is 5.89. The normalized spacial score (nSPS) is 15.6. The van der Waals surface area contributed by atoms with Gasteiger partial charge in [0.15, 0.2) is 0 Å². The van der Waals surface area contributed by atoms with Crippen LogP contribution in [0, 0.1) is 18.7 Å². The summed E-state index contributed by atoms with van der Waals surface area (Å²) in [6, 6.07) is 4.89. The highest BCUT2D eigenvalue weighted by atomic mass is 19.1. The van der Waals surface area contributed by atoms with Crippen LogP contribution in [-0.4, -0.2) is 19.0 Å². The van der Waals surface area contributed by atoms with Crippen molar-refractivity contribution in [2.45, 2.75) is 13.5 Å². The average molecular weight is 222 g/mol. The summed E-state index contributed by atoms with van der Waals surface area (Å²) in [7, 11) is 0. The van der Waals surface area contributed by atoms with E-state index in [0.717, 1.165) is 18.7 Å². The molecular weight excluding hydrogens is 207 g/mol. The summed E-state index contributed by atoms with van der Waals surface area (Å²) in [6.45, 7) is 3.70. The van der Waals surface area contributed by atoms with Crippen LogP contribution >= 0.6 is 0 Å². The predicted molar refractivity (Wildman–Crippen MR) is 59.3 cm³/mol. The molecule has 0 spiro atoms. The lowest BCUT2D eigenvalue weighted by Gasteiger charge is -2.25. The van der Waals surface area contributed by atoms with Gasteiger partial charge in [-0.15, -0.1) is 0 Å². The van der Waals surface area contributed by atoms with Crippen molar-refractivity contribution in [3.63, 3.8) is 0 Å². The van der Waals surface area contributed by atoms with E-state index in [1.54, 1.807) is 19.1 Å². The Morgan fingerprint density at radius 3 is 2.88 bits per heavy atom. The first kappa shape index (κ1) is 11.1. The smallest absolute Gasteiger partial charge is 0.225 e. The number of halogens is 1. The van der Waals surface area contributed by atoms with Gasteiger partial charge in [-0.3, -0.25) is 4.79 Å². The lowest BCUT2D eigenvalue weighted by molar-refractivity contribution is -0.126. The maximum atomic E-state index is 13.0. The molecule has 0 unspecified atom stereocenters. The molecule has 1 saturated heterocycles. The molecule has 0 saturated carbocycles. The molecule has 1 heterocycles. The Bertz CT molecular complexity index is 402. The van der Waals surface area contributed by atoms with Gasteiger partial charge in [-0.2, -0.15) is 0 Å². The molecule has 1 fully saturated rings. The van der Waals surface area contributed by atoms with Crippen LogP contribution in [0.3, 0.4) is 0 Å². The Kier molecular flexibility index (Phi) is 3.19. The molecule has 1 aliphatic rings. The molecule has 1 amide bonds. The van der Waals surface area contributed by atoms with E-state index in [1.165, 1.54) is 6.07 Å². The van der Waals surface area contributed by atoms with Gasteiger partial charge in [0.1, 0.15) is 5.82 Å². The zero-order chi connectivity index (χ0) is 11.5. The molecular formula is C12H15FN2O. The first-order chi connectivity index (χ1) is 7.66. The second-order valence-electron chi connectivity index (χ2n) is 4.16. The van der Waals surface area contributed by atoms with Crippen molar-refractivity contribution < 1.29 is 9.18 Å². The van der Waals surface area contributed by atoms with Crippen LogP contribution in [0.15, 0.2) is 18.2 Å². The number of carbonyl (C=O) groups excluding carboxylic acids is 1. The zero-order valence-corrected chi connectivity index (χ0v) is 9.22. The number of amides is 1. The largest absolute Gasteiger partial charge is 0.352 e. The number of aryl methyl sites for hydroxylation is 1. The number of hydrogen-bond acceptors (Lipinski definition) is 2. The van der Waals surface area contributed by atoms with Gasteiger partial charge in [0.25, 0.3) is 0 Å². The third-order valence-electron chi connectivity index (χ3n) is 2.84. The predicted octanol–water partition coefficient (Wildman–Crippen LogP) is 0.970. The Labute approximate surface area is 94.0 Å². The van der Waals surface area contributed by atoms with Gasteiger partial charge in [0.05, 0.1) is 5.92 Å². The van der Waals surface area contributed by atoms with Gasteiger partial charge in [-0.1, -0.05) is 12.1 Å². The summed E-state index contributed by atoms with van der Waals surface area (Å²) < 4.78 is 13.0. The van der Waals surface area contributed by atoms with Crippen LogP contribution in [0.4, 0.5) is 4.39 Å². The second-order valence-corrected chi connectivity index (χ2v) is 4.16. The van der Waals surface area contributed by atoms with Crippen molar-refractivity contribution >= 4 is 5.91 Å². The van der Waals surface area contributed by atoms with Crippen molar-refractivity contribution in [1.82, 2.24) is 10.6 Å². The fourth-order valence-electron chi connectivity index (χ4n) is 1.62. The highest BCUT2D eigenvalue weighted by Crippen LogP contribution is 2.09. The molecule has 0 atom stereocenters. The quantitative estimate of drug-likeness (QED) is 0.800. The third-order valence-corrected chi connectivity index (χ3v) is 2.84. The number of nitrogens with one attached hydrogen (secondary N) is 2. The van der Waals surface area contributed by atoms with Gasteiger partial charge in [0, 0.05) is 19.6 Å². The van der Waals surface area contributed by atoms with Gasteiger partial charge >= 0.3 is 0 Å². The first-order valence-electron chi connectivity index (χ1n) is 5.40. The molecule has 2 N–H and O–H groups in total. The van der Waals surface area contributed by atoms with Crippen molar-refractivity contribution in [3.8, 4) is 0 Å². The van der Waals surface area contributed by atoms with Crippen LogP contribution in [0.2, 0.25) is 0 Å². The van der Waals surface area contributed by atoms with Gasteiger partial charge in [-0.25, -0.2) is 4.39 Å². The van der Waals surface area contributed by atoms with Crippen molar-refractivity contribution in [2.75, 3.05) is 13.1 Å². The maximum Gasteiger partial charge on any atom is 0.225 e. The molecule has 0 aliphatic carbocycles. The fourth-order valence-corrected chi connectivity index (χ4v) is 1.62. The molecule has 1 aromatic rings. The minimum Gasteiger partial charge on any atom is -0.352 e. The minimum absolute atomic E-state index is 0.0701. The van der Waals surface area contributed by atoms with Gasteiger partial charge in [-0.05, 0) is 24.1 Å². The third kappa shape index (κ3) is 2.39. The van der Waals surface area contributed by atoms with Crippen LogP contribution in [0.25, 0.3) is 0 Å². The van der Waals surface area contributed by atoms with Crippen molar-refractivity contribution in [3.05, 3.63) is 35.1 Å². The van der Waals surface area contributed by atoms with Gasteiger partial charge < -0.3 is 10.6 Å². The summed E-state index contributed by atoms with van der Waals surface area (Å²) in [6.07, 6.45) is 0. The monoisotopic (exact) mass is 222 g/mol. The molecule has 0 radical (unpaired) electrons. The Morgan fingerprint density at radius 1 is 1.56 bits per heavy atom. The Balaban J connectivity index is 1.89. The van der Waals surface area contributed by atoms with E-state index in [4.69, 9.17) is 0 Å². The van der Waals surface area contributed by atoms with Gasteiger partial charge in [0.2, 0.25) is 5.91 Å². The summed E-state index contributed by atoms with van der Waals surface area (Å²) in [4.78, 5) is 11.5. The average Bonchev–Trinajstić information content (AvgIpc) is 2.17. The molecule has 4 heteroatoms. The molecule has 16 heavy (non-hydrogen) atoms. The molecule has 2 rings (SSSR count). The highest BCUT2D eigenvalue weighted by Gasteiger charge is 2.24.